The molecule has 168 valence electrons. The van der Waals surface area contributed by atoms with Gasteiger partial charge in [-0.3, -0.25) is 4.79 Å². The summed E-state index contributed by atoms with van der Waals surface area (Å²) >= 11 is 0. The zero-order valence-corrected chi connectivity index (χ0v) is 18.3. The zero-order chi connectivity index (χ0) is 22.7. The van der Waals surface area contributed by atoms with Crippen molar-refractivity contribution >= 4 is 10.8 Å². The monoisotopic (exact) mass is 439 g/mol. The summed E-state index contributed by atoms with van der Waals surface area (Å²) in [6, 6.07) is 9.18. The molecule has 0 saturated heterocycles. The second-order valence-electron chi connectivity index (χ2n) is 7.15. The van der Waals surface area contributed by atoms with Crippen molar-refractivity contribution in [3.8, 4) is 34.3 Å². The predicted octanol–water partition coefficient (Wildman–Crippen LogP) is 3.72. The predicted molar refractivity (Wildman–Crippen MR) is 120 cm³/mol. The second-order valence-corrected chi connectivity index (χ2v) is 7.15. The van der Waals surface area contributed by atoms with Crippen molar-refractivity contribution in [2.24, 2.45) is 0 Å². The largest absolute Gasteiger partial charge is 0.493 e. The van der Waals surface area contributed by atoms with Crippen molar-refractivity contribution in [2.45, 2.75) is 13.2 Å². The lowest BCUT2D eigenvalue weighted by Crippen LogP contribution is -2.22. The van der Waals surface area contributed by atoms with Gasteiger partial charge < -0.3 is 33.0 Å². The lowest BCUT2D eigenvalue weighted by Gasteiger charge is -2.18. The minimum atomic E-state index is -0.167. The molecule has 32 heavy (non-hydrogen) atoms. The number of allylic oxidation sites excluding steroid dienone is 1. The van der Waals surface area contributed by atoms with Gasteiger partial charge in [0.1, 0.15) is 6.79 Å². The van der Waals surface area contributed by atoms with Crippen molar-refractivity contribution in [1.29, 1.82) is 0 Å². The number of aromatic nitrogens is 1. The summed E-state index contributed by atoms with van der Waals surface area (Å²) in [5.41, 5.74) is 2.16. The van der Waals surface area contributed by atoms with Crippen LogP contribution in [0, 0.1) is 0 Å². The number of ether oxygens (including phenoxy) is 6. The highest BCUT2D eigenvalue weighted by Crippen LogP contribution is 2.40. The lowest BCUT2D eigenvalue weighted by molar-refractivity contribution is -0.0389. The molecule has 0 unspecified atom stereocenters. The van der Waals surface area contributed by atoms with Crippen LogP contribution in [-0.4, -0.2) is 39.5 Å². The van der Waals surface area contributed by atoms with Gasteiger partial charge in [0.25, 0.3) is 5.56 Å². The molecule has 0 amide bonds. The Hall–Kier alpha value is -3.49. The molecule has 0 fully saturated rings. The molecule has 2 aromatic carbocycles. The molecule has 1 aliphatic heterocycles. The average molecular weight is 439 g/mol. The topological polar surface area (TPSA) is 77.4 Å². The Morgan fingerprint density at radius 1 is 1.03 bits per heavy atom. The van der Waals surface area contributed by atoms with Crippen LogP contribution in [0.3, 0.4) is 0 Å². The molecule has 0 aliphatic carbocycles. The fourth-order valence-electron chi connectivity index (χ4n) is 3.79. The number of rotatable bonds is 9. The fourth-order valence-corrected chi connectivity index (χ4v) is 3.79. The van der Waals surface area contributed by atoms with Crippen molar-refractivity contribution in [3.63, 3.8) is 0 Å². The van der Waals surface area contributed by atoms with Crippen LogP contribution in [-0.2, 0) is 22.6 Å². The normalized spacial score (nSPS) is 12.2. The Morgan fingerprint density at radius 3 is 2.44 bits per heavy atom. The van der Waals surface area contributed by atoms with Gasteiger partial charge in [0.15, 0.2) is 23.0 Å². The van der Waals surface area contributed by atoms with Crippen LogP contribution in [0.1, 0.15) is 5.56 Å². The molecule has 1 aromatic heterocycles. The molecule has 4 rings (SSSR count). The summed E-state index contributed by atoms with van der Waals surface area (Å²) in [4.78, 5) is 13.5. The first-order valence-corrected chi connectivity index (χ1v) is 10.0. The third kappa shape index (κ3) is 3.90. The van der Waals surface area contributed by atoms with Gasteiger partial charge in [-0.25, -0.2) is 0 Å². The van der Waals surface area contributed by atoms with Crippen molar-refractivity contribution in [3.05, 3.63) is 58.9 Å². The van der Waals surface area contributed by atoms with Gasteiger partial charge in [-0.2, -0.15) is 0 Å². The second kappa shape index (κ2) is 9.33. The van der Waals surface area contributed by atoms with E-state index in [1.807, 2.05) is 18.2 Å². The van der Waals surface area contributed by atoms with E-state index in [1.54, 1.807) is 44.1 Å². The number of methoxy groups -OCH3 is 3. The number of hydrogen-bond donors (Lipinski definition) is 0. The van der Waals surface area contributed by atoms with Crippen LogP contribution in [0.15, 0.2) is 47.8 Å². The molecule has 1 aliphatic rings. The van der Waals surface area contributed by atoms with Gasteiger partial charge >= 0.3 is 0 Å². The first kappa shape index (κ1) is 21.7. The molecular weight excluding hydrogens is 414 g/mol. The molecule has 0 atom stereocenters. The van der Waals surface area contributed by atoms with E-state index in [1.165, 1.54) is 0 Å². The van der Waals surface area contributed by atoms with Gasteiger partial charge in [0.05, 0.1) is 31.9 Å². The van der Waals surface area contributed by atoms with Crippen molar-refractivity contribution < 1.29 is 28.4 Å². The molecule has 2 heterocycles. The van der Waals surface area contributed by atoms with E-state index >= 15 is 0 Å². The lowest BCUT2D eigenvalue weighted by atomic mass is 10.00. The van der Waals surface area contributed by atoms with Crippen LogP contribution >= 0.6 is 0 Å². The summed E-state index contributed by atoms with van der Waals surface area (Å²) in [6.45, 7) is 4.70. The van der Waals surface area contributed by atoms with Crippen molar-refractivity contribution in [2.75, 3.05) is 34.9 Å². The minimum Gasteiger partial charge on any atom is -0.493 e. The Balaban J connectivity index is 1.98. The van der Waals surface area contributed by atoms with Crippen molar-refractivity contribution in [1.82, 2.24) is 4.57 Å². The van der Waals surface area contributed by atoms with Gasteiger partial charge in [0, 0.05) is 19.2 Å². The van der Waals surface area contributed by atoms with Crippen LogP contribution < -0.4 is 24.5 Å². The van der Waals surface area contributed by atoms with E-state index in [-0.39, 0.29) is 25.8 Å². The Morgan fingerprint density at radius 2 is 1.75 bits per heavy atom. The highest BCUT2D eigenvalue weighted by Gasteiger charge is 2.21. The third-order valence-electron chi connectivity index (χ3n) is 5.26. The molecule has 0 radical (unpaired) electrons. The van der Waals surface area contributed by atoms with Crippen LogP contribution in [0.25, 0.3) is 22.0 Å². The first-order chi connectivity index (χ1) is 15.6. The Labute approximate surface area is 185 Å². The quantitative estimate of drug-likeness (QED) is 0.286. The summed E-state index contributed by atoms with van der Waals surface area (Å²) < 4.78 is 34.3. The zero-order valence-electron chi connectivity index (χ0n) is 18.3. The molecule has 0 spiro atoms. The van der Waals surface area contributed by atoms with E-state index in [0.717, 1.165) is 16.5 Å². The van der Waals surface area contributed by atoms with E-state index in [9.17, 15) is 4.79 Å². The summed E-state index contributed by atoms with van der Waals surface area (Å²) in [6.07, 6.45) is 1.69. The molecular formula is C24H25NO7. The maximum atomic E-state index is 13.5. The fraction of sp³-hybridized carbons (Fsp3) is 0.292. The average Bonchev–Trinajstić information content (AvgIpc) is 3.27. The number of pyridine rings is 1. The number of nitrogens with zero attached hydrogens (tertiary/aromatic N) is 1. The number of benzene rings is 2. The van der Waals surface area contributed by atoms with E-state index < -0.39 is 0 Å². The molecule has 0 bridgehead atoms. The van der Waals surface area contributed by atoms with E-state index in [2.05, 4.69) is 6.58 Å². The molecule has 8 heteroatoms. The smallest absolute Gasteiger partial charge is 0.259 e. The first-order valence-electron chi connectivity index (χ1n) is 10.0. The van der Waals surface area contributed by atoms with Crippen LogP contribution in [0.4, 0.5) is 0 Å². The summed E-state index contributed by atoms with van der Waals surface area (Å²) in [5, 5.41) is 1.25. The van der Waals surface area contributed by atoms with Gasteiger partial charge in [0.2, 0.25) is 6.79 Å². The molecule has 0 N–H and O–H groups in total. The third-order valence-corrected chi connectivity index (χ3v) is 5.26. The SMILES string of the molecule is C=CCn1c(-c2cc3c(cc2COCOC)OCO3)cc2cc(OC)c(OC)cc2c1=O. The van der Waals surface area contributed by atoms with Gasteiger partial charge in [-0.05, 0) is 41.3 Å². The highest BCUT2D eigenvalue weighted by molar-refractivity contribution is 5.89. The molecule has 8 nitrogen and oxygen atoms in total. The van der Waals surface area contributed by atoms with Crippen LogP contribution in [0.5, 0.6) is 23.0 Å². The highest BCUT2D eigenvalue weighted by atomic mass is 16.7. The maximum Gasteiger partial charge on any atom is 0.259 e. The number of hydrogen-bond acceptors (Lipinski definition) is 7. The maximum absolute atomic E-state index is 13.5. The molecule has 0 saturated carbocycles. The van der Waals surface area contributed by atoms with E-state index in [0.29, 0.717) is 40.6 Å². The Kier molecular flexibility index (Phi) is 6.34. The van der Waals surface area contributed by atoms with Gasteiger partial charge in [-0.15, -0.1) is 6.58 Å². The number of fused-ring (bicyclic) bond motifs is 2. The standard InChI is InChI=1S/C24H25NO7/c1-5-6-25-19(7-15-8-20(28-3)21(29-4)11-18(15)24(25)26)17-10-23-22(31-14-32-23)9-16(17)12-30-13-27-2/h5,7-11H,1,6,12-14H2,2-4H3. The van der Waals surface area contributed by atoms with Gasteiger partial charge in [-0.1, -0.05) is 6.08 Å². The van der Waals surface area contributed by atoms with E-state index in [4.69, 9.17) is 28.4 Å². The summed E-state index contributed by atoms with van der Waals surface area (Å²) in [5.74, 6) is 2.28. The molecule has 3 aromatic rings. The minimum absolute atomic E-state index is 0.141. The van der Waals surface area contributed by atoms with Crippen LogP contribution in [0.2, 0.25) is 0 Å². The Bertz CT molecular complexity index is 1220. The summed E-state index contributed by atoms with van der Waals surface area (Å²) in [7, 11) is 4.67.